The number of carbonyl (C=O) groups is 1. The highest BCUT2D eigenvalue weighted by Crippen LogP contribution is 2.36. The van der Waals surface area contributed by atoms with Crippen LogP contribution in [-0.2, 0) is 11.2 Å². The van der Waals surface area contributed by atoms with Crippen LogP contribution in [0.4, 0.5) is 0 Å². The fourth-order valence-corrected chi connectivity index (χ4v) is 3.65. The van der Waals surface area contributed by atoms with Gasteiger partial charge in [-0.05, 0) is 23.3 Å². The van der Waals surface area contributed by atoms with Gasteiger partial charge in [0.25, 0.3) is 0 Å². The number of nitrogens with one attached hydrogen (secondary N) is 1. The second kappa shape index (κ2) is 8.33. The summed E-state index contributed by atoms with van der Waals surface area (Å²) in [6.45, 7) is 0. The molecule has 29 heavy (non-hydrogen) atoms. The Balaban J connectivity index is 1.74. The molecular weight excluding hydrogens is 384 g/mol. The fourth-order valence-electron chi connectivity index (χ4n) is 3.40. The fraction of sp³-hybridized carbons (Fsp3) is 0.0833. The van der Waals surface area contributed by atoms with Crippen LogP contribution in [0.2, 0.25) is 5.02 Å². The van der Waals surface area contributed by atoms with Gasteiger partial charge in [0.2, 0.25) is 5.91 Å². The normalized spacial score (nSPS) is 11.9. The zero-order chi connectivity index (χ0) is 20.2. The number of halogens is 1. The number of phenolic OH excluding ortho intramolecular Hbond substituents is 1. The molecule has 1 amide bonds. The number of benzene rings is 3. The van der Waals surface area contributed by atoms with Crippen LogP contribution in [0.1, 0.15) is 22.7 Å². The first-order chi connectivity index (χ1) is 14.1. The molecule has 1 aromatic heterocycles. The Morgan fingerprint density at radius 1 is 0.931 bits per heavy atom. The lowest BCUT2D eigenvalue weighted by Crippen LogP contribution is -2.30. The van der Waals surface area contributed by atoms with Crippen molar-refractivity contribution in [3.05, 3.63) is 107 Å². The van der Waals surface area contributed by atoms with E-state index in [1.165, 1.54) is 0 Å². The van der Waals surface area contributed by atoms with E-state index in [-0.39, 0.29) is 18.1 Å². The molecule has 2 N–H and O–H groups in total. The predicted octanol–water partition coefficient (Wildman–Crippen LogP) is 5.04. The van der Waals surface area contributed by atoms with Gasteiger partial charge in [-0.2, -0.15) is 0 Å². The maximum absolute atomic E-state index is 12.8. The minimum Gasteiger partial charge on any atom is -0.505 e. The van der Waals surface area contributed by atoms with Crippen molar-refractivity contribution in [1.82, 2.24) is 10.3 Å². The molecule has 0 aliphatic rings. The number of carbonyl (C=O) groups excluding carboxylic acids is 1. The lowest BCUT2D eigenvalue weighted by molar-refractivity contribution is -0.120. The smallest absolute Gasteiger partial charge is 0.225 e. The van der Waals surface area contributed by atoms with Gasteiger partial charge in [-0.25, -0.2) is 0 Å². The van der Waals surface area contributed by atoms with Crippen LogP contribution in [0.15, 0.2) is 85.1 Å². The van der Waals surface area contributed by atoms with Crippen LogP contribution in [0.5, 0.6) is 5.75 Å². The highest BCUT2D eigenvalue weighted by atomic mass is 35.5. The van der Waals surface area contributed by atoms with Gasteiger partial charge in [0.05, 0.1) is 12.5 Å². The Hall–Kier alpha value is -3.37. The highest BCUT2D eigenvalue weighted by molar-refractivity contribution is 6.31. The van der Waals surface area contributed by atoms with Crippen molar-refractivity contribution in [2.45, 2.75) is 12.5 Å². The topological polar surface area (TPSA) is 62.2 Å². The van der Waals surface area contributed by atoms with Gasteiger partial charge in [-0.1, -0.05) is 78.3 Å². The van der Waals surface area contributed by atoms with Crippen molar-refractivity contribution < 1.29 is 9.90 Å². The van der Waals surface area contributed by atoms with E-state index in [1.807, 2.05) is 66.7 Å². The SMILES string of the molecule is O=C(Cc1ccccc1)NC(c1ccccc1Cl)c1ccc2cccnc2c1O. The first-order valence-corrected chi connectivity index (χ1v) is 9.65. The number of hydrogen-bond acceptors (Lipinski definition) is 3. The maximum atomic E-state index is 12.8. The number of nitrogens with zero attached hydrogens (tertiary/aromatic N) is 1. The average molecular weight is 403 g/mol. The third-order valence-corrected chi connectivity index (χ3v) is 5.16. The predicted molar refractivity (Wildman–Crippen MR) is 115 cm³/mol. The van der Waals surface area contributed by atoms with Gasteiger partial charge < -0.3 is 10.4 Å². The van der Waals surface area contributed by atoms with Gasteiger partial charge >= 0.3 is 0 Å². The largest absolute Gasteiger partial charge is 0.505 e. The van der Waals surface area contributed by atoms with E-state index in [0.29, 0.717) is 21.7 Å². The molecule has 0 fully saturated rings. The molecule has 4 nitrogen and oxygen atoms in total. The van der Waals surface area contributed by atoms with Crippen LogP contribution in [0, 0.1) is 0 Å². The highest BCUT2D eigenvalue weighted by Gasteiger charge is 2.23. The number of pyridine rings is 1. The third kappa shape index (κ3) is 4.08. The monoisotopic (exact) mass is 402 g/mol. The van der Waals surface area contributed by atoms with Crippen molar-refractivity contribution in [3.8, 4) is 5.75 Å². The molecule has 4 rings (SSSR count). The second-order valence-corrected chi connectivity index (χ2v) is 7.17. The number of aromatic nitrogens is 1. The molecule has 0 radical (unpaired) electrons. The van der Waals surface area contributed by atoms with Crippen LogP contribution < -0.4 is 5.32 Å². The maximum Gasteiger partial charge on any atom is 0.225 e. The second-order valence-electron chi connectivity index (χ2n) is 6.76. The quantitative estimate of drug-likeness (QED) is 0.491. The third-order valence-electron chi connectivity index (χ3n) is 4.82. The number of fused-ring (bicyclic) bond motifs is 1. The summed E-state index contributed by atoms with van der Waals surface area (Å²) in [4.78, 5) is 17.1. The molecule has 4 aromatic rings. The first kappa shape index (κ1) is 19.0. The van der Waals surface area contributed by atoms with Gasteiger partial charge in [0.15, 0.2) is 0 Å². The Morgan fingerprint density at radius 3 is 2.48 bits per heavy atom. The molecule has 1 atom stereocenters. The Bertz CT molecular complexity index is 1160. The van der Waals surface area contributed by atoms with Crippen LogP contribution in [0.3, 0.4) is 0 Å². The summed E-state index contributed by atoms with van der Waals surface area (Å²) >= 11 is 6.43. The van der Waals surface area contributed by atoms with E-state index in [2.05, 4.69) is 10.3 Å². The number of aromatic hydroxyl groups is 1. The van der Waals surface area contributed by atoms with E-state index in [4.69, 9.17) is 11.6 Å². The summed E-state index contributed by atoms with van der Waals surface area (Å²) in [5.74, 6) is -0.130. The molecule has 0 saturated carbocycles. The lowest BCUT2D eigenvalue weighted by atomic mass is 9.95. The van der Waals surface area contributed by atoms with Crippen molar-refractivity contribution in [2.75, 3.05) is 0 Å². The molecule has 1 heterocycles. The molecule has 3 aromatic carbocycles. The molecule has 0 aliphatic carbocycles. The number of amides is 1. The van der Waals surface area contributed by atoms with Crippen LogP contribution in [0.25, 0.3) is 10.9 Å². The number of hydrogen-bond donors (Lipinski definition) is 2. The summed E-state index contributed by atoms with van der Waals surface area (Å²) in [6.07, 6.45) is 1.86. The van der Waals surface area contributed by atoms with Crippen molar-refractivity contribution in [3.63, 3.8) is 0 Å². The summed E-state index contributed by atoms with van der Waals surface area (Å²) in [7, 11) is 0. The molecule has 0 bridgehead atoms. The van der Waals surface area contributed by atoms with Gasteiger partial charge in [0, 0.05) is 22.2 Å². The van der Waals surface area contributed by atoms with Gasteiger partial charge in [-0.15, -0.1) is 0 Å². The lowest BCUT2D eigenvalue weighted by Gasteiger charge is -2.22. The number of rotatable bonds is 5. The molecular formula is C24H19ClN2O2. The minimum absolute atomic E-state index is 0.0352. The molecule has 1 unspecified atom stereocenters. The summed E-state index contributed by atoms with van der Waals surface area (Å²) < 4.78 is 0. The molecule has 0 spiro atoms. The van der Waals surface area contributed by atoms with Crippen molar-refractivity contribution >= 4 is 28.4 Å². The first-order valence-electron chi connectivity index (χ1n) is 9.28. The average Bonchev–Trinajstić information content (AvgIpc) is 2.74. The standard InChI is InChI=1S/C24H19ClN2O2/c25-20-11-5-4-10-18(20)23(27-21(28)15-16-7-2-1-3-8-16)19-13-12-17-9-6-14-26-22(17)24(19)29/h1-14,23,29H,15H2,(H,27,28). The van der Waals surface area contributed by atoms with Crippen LogP contribution >= 0.6 is 11.6 Å². The molecule has 5 heteroatoms. The molecule has 144 valence electrons. The van der Waals surface area contributed by atoms with E-state index in [9.17, 15) is 9.90 Å². The van der Waals surface area contributed by atoms with E-state index in [1.54, 1.807) is 18.3 Å². The summed E-state index contributed by atoms with van der Waals surface area (Å²) in [5.41, 5.74) is 2.65. The van der Waals surface area contributed by atoms with E-state index in [0.717, 1.165) is 10.9 Å². The van der Waals surface area contributed by atoms with Crippen molar-refractivity contribution in [2.24, 2.45) is 0 Å². The Labute approximate surface area is 173 Å². The minimum atomic E-state index is -0.605. The zero-order valence-electron chi connectivity index (χ0n) is 15.5. The Morgan fingerprint density at radius 2 is 1.69 bits per heavy atom. The summed E-state index contributed by atoms with van der Waals surface area (Å²) in [6, 6.07) is 23.6. The number of phenols is 1. The molecule has 0 aliphatic heterocycles. The van der Waals surface area contributed by atoms with Crippen LogP contribution in [-0.4, -0.2) is 16.0 Å². The zero-order valence-corrected chi connectivity index (χ0v) is 16.3. The summed E-state index contributed by atoms with van der Waals surface area (Å²) in [5, 5.41) is 15.3. The van der Waals surface area contributed by atoms with Crippen molar-refractivity contribution in [1.29, 1.82) is 0 Å². The molecule has 0 saturated heterocycles. The van der Waals surface area contributed by atoms with E-state index >= 15 is 0 Å². The van der Waals surface area contributed by atoms with Gasteiger partial charge in [-0.3, -0.25) is 9.78 Å². The van der Waals surface area contributed by atoms with Gasteiger partial charge in [0.1, 0.15) is 11.3 Å². The van der Waals surface area contributed by atoms with E-state index < -0.39 is 6.04 Å². The Kier molecular flexibility index (Phi) is 5.45.